The molecule has 0 spiro atoms. The molecule has 7 heteroatoms. The van der Waals surface area contributed by atoms with E-state index in [9.17, 15) is 14.9 Å². The first kappa shape index (κ1) is 14.0. The van der Waals surface area contributed by atoms with Gasteiger partial charge in [-0.1, -0.05) is 0 Å². The van der Waals surface area contributed by atoms with Gasteiger partial charge in [0.2, 0.25) is 0 Å². The third kappa shape index (κ3) is 3.20. The molecule has 0 bridgehead atoms. The summed E-state index contributed by atoms with van der Waals surface area (Å²) in [5, 5.41) is 17.0. The molecule has 1 aromatic carbocycles. The van der Waals surface area contributed by atoms with Crippen LogP contribution in [0.5, 0.6) is 0 Å². The number of hydrogen-bond donors (Lipinski definition) is 2. The summed E-state index contributed by atoms with van der Waals surface area (Å²) in [6.45, 7) is 0. The minimum absolute atomic E-state index is 0.0886. The van der Waals surface area contributed by atoms with Gasteiger partial charge in [-0.25, -0.2) is 0 Å². The van der Waals surface area contributed by atoms with Crippen molar-refractivity contribution in [1.82, 2.24) is 4.98 Å². The van der Waals surface area contributed by atoms with Crippen molar-refractivity contribution in [2.24, 2.45) is 0 Å². The highest BCUT2D eigenvalue weighted by atomic mass is 16.6. The quantitative estimate of drug-likeness (QED) is 0.653. The second kappa shape index (κ2) is 5.80. The smallest absolute Gasteiger partial charge is 0.293 e. The van der Waals surface area contributed by atoms with Crippen LogP contribution in [0.15, 0.2) is 42.7 Å². The van der Waals surface area contributed by atoms with E-state index in [1.54, 1.807) is 36.7 Å². The number of nitro groups is 1. The van der Waals surface area contributed by atoms with Gasteiger partial charge in [-0.05, 0) is 37.1 Å². The lowest BCUT2D eigenvalue weighted by Crippen LogP contribution is -2.13. The maximum absolute atomic E-state index is 12.2. The summed E-state index contributed by atoms with van der Waals surface area (Å²) in [4.78, 5) is 26.7. The molecule has 1 aromatic heterocycles. The molecule has 0 atom stereocenters. The van der Waals surface area contributed by atoms with Crippen LogP contribution >= 0.6 is 0 Å². The lowest BCUT2D eigenvalue weighted by Gasteiger charge is -2.08. The monoisotopic (exact) mass is 298 g/mol. The van der Waals surface area contributed by atoms with E-state index in [-0.39, 0.29) is 11.3 Å². The summed E-state index contributed by atoms with van der Waals surface area (Å²) in [6.07, 6.45) is 5.14. The SMILES string of the molecule is O=C(Nc1ccncc1)c1ccc(NC2CC2)c([N+](=O)[O-])c1. The summed E-state index contributed by atoms with van der Waals surface area (Å²) < 4.78 is 0. The van der Waals surface area contributed by atoms with Crippen LogP contribution in [-0.4, -0.2) is 21.9 Å². The second-order valence-electron chi connectivity index (χ2n) is 5.10. The van der Waals surface area contributed by atoms with Crippen LogP contribution in [-0.2, 0) is 0 Å². The van der Waals surface area contributed by atoms with E-state index in [0.717, 1.165) is 12.8 Å². The zero-order valence-electron chi connectivity index (χ0n) is 11.7. The first-order valence-corrected chi connectivity index (χ1v) is 6.90. The molecule has 1 heterocycles. The fourth-order valence-electron chi connectivity index (χ4n) is 2.03. The molecule has 2 aromatic rings. The Kier molecular flexibility index (Phi) is 3.69. The molecule has 2 N–H and O–H groups in total. The molecule has 0 aliphatic heterocycles. The molecule has 1 saturated carbocycles. The van der Waals surface area contributed by atoms with Crippen LogP contribution in [0.4, 0.5) is 17.1 Å². The number of anilines is 2. The van der Waals surface area contributed by atoms with Crippen LogP contribution in [0.3, 0.4) is 0 Å². The van der Waals surface area contributed by atoms with E-state index < -0.39 is 10.8 Å². The van der Waals surface area contributed by atoms with E-state index in [4.69, 9.17) is 0 Å². The van der Waals surface area contributed by atoms with Gasteiger partial charge in [-0.2, -0.15) is 0 Å². The molecular formula is C15H14N4O3. The Bertz CT molecular complexity index is 714. The Balaban J connectivity index is 1.82. The summed E-state index contributed by atoms with van der Waals surface area (Å²) in [5.41, 5.74) is 1.19. The molecule has 1 aliphatic carbocycles. The maximum atomic E-state index is 12.2. The number of nitrogens with zero attached hydrogens (tertiary/aromatic N) is 2. The van der Waals surface area contributed by atoms with Gasteiger partial charge < -0.3 is 10.6 Å². The normalized spacial score (nSPS) is 13.5. The van der Waals surface area contributed by atoms with Crippen molar-refractivity contribution in [3.8, 4) is 0 Å². The van der Waals surface area contributed by atoms with Crippen molar-refractivity contribution in [3.63, 3.8) is 0 Å². The van der Waals surface area contributed by atoms with Gasteiger partial charge in [-0.3, -0.25) is 19.9 Å². The summed E-state index contributed by atoms with van der Waals surface area (Å²) in [7, 11) is 0. The van der Waals surface area contributed by atoms with Gasteiger partial charge >= 0.3 is 0 Å². The van der Waals surface area contributed by atoms with Crippen molar-refractivity contribution in [2.45, 2.75) is 18.9 Å². The minimum atomic E-state index is -0.478. The Hall–Kier alpha value is -2.96. The average molecular weight is 298 g/mol. The Morgan fingerprint density at radius 2 is 1.95 bits per heavy atom. The number of pyridine rings is 1. The lowest BCUT2D eigenvalue weighted by atomic mass is 10.1. The standard InChI is InChI=1S/C15H14N4O3/c20-15(18-12-5-7-16-8-6-12)10-1-4-13(17-11-2-3-11)14(9-10)19(21)22/h1,4-9,11,17H,2-3H2,(H,16,18,20). The van der Waals surface area contributed by atoms with Gasteiger partial charge in [0, 0.05) is 35.8 Å². The van der Waals surface area contributed by atoms with Crippen molar-refractivity contribution >= 4 is 23.0 Å². The Morgan fingerprint density at radius 1 is 1.23 bits per heavy atom. The fourth-order valence-corrected chi connectivity index (χ4v) is 2.03. The number of benzene rings is 1. The summed E-state index contributed by atoms with van der Waals surface area (Å²) in [5.74, 6) is -0.396. The number of hydrogen-bond acceptors (Lipinski definition) is 5. The predicted molar refractivity (Wildman–Crippen MR) is 81.9 cm³/mol. The molecule has 1 fully saturated rings. The fraction of sp³-hybridized carbons (Fsp3) is 0.200. The first-order valence-electron chi connectivity index (χ1n) is 6.90. The van der Waals surface area contributed by atoms with E-state index in [2.05, 4.69) is 15.6 Å². The van der Waals surface area contributed by atoms with Gasteiger partial charge in [0.25, 0.3) is 11.6 Å². The number of amides is 1. The molecule has 0 saturated heterocycles. The number of nitro benzene ring substituents is 1. The van der Waals surface area contributed by atoms with Crippen LogP contribution in [0.1, 0.15) is 23.2 Å². The molecule has 0 unspecified atom stereocenters. The molecule has 1 amide bonds. The largest absolute Gasteiger partial charge is 0.377 e. The van der Waals surface area contributed by atoms with Crippen molar-refractivity contribution in [2.75, 3.05) is 10.6 Å². The van der Waals surface area contributed by atoms with Crippen LogP contribution in [0.25, 0.3) is 0 Å². The molecule has 0 radical (unpaired) electrons. The van der Waals surface area contributed by atoms with E-state index in [1.807, 2.05) is 0 Å². The van der Waals surface area contributed by atoms with Gasteiger partial charge in [0.05, 0.1) is 4.92 Å². The number of carbonyl (C=O) groups is 1. The summed E-state index contributed by atoms with van der Waals surface area (Å²) in [6, 6.07) is 8.05. The topological polar surface area (TPSA) is 97.2 Å². The molecular weight excluding hydrogens is 284 g/mol. The van der Waals surface area contributed by atoms with Crippen molar-refractivity contribution < 1.29 is 9.72 Å². The van der Waals surface area contributed by atoms with Gasteiger partial charge in [0.15, 0.2) is 0 Å². The van der Waals surface area contributed by atoms with E-state index >= 15 is 0 Å². The van der Waals surface area contributed by atoms with Crippen molar-refractivity contribution in [1.29, 1.82) is 0 Å². The van der Waals surface area contributed by atoms with E-state index in [0.29, 0.717) is 17.4 Å². The predicted octanol–water partition coefficient (Wildman–Crippen LogP) is 2.82. The first-order chi connectivity index (χ1) is 10.6. The van der Waals surface area contributed by atoms with Gasteiger partial charge in [-0.15, -0.1) is 0 Å². The third-order valence-electron chi connectivity index (χ3n) is 3.33. The molecule has 7 nitrogen and oxygen atoms in total. The van der Waals surface area contributed by atoms with Crippen LogP contribution < -0.4 is 10.6 Å². The molecule has 3 rings (SSSR count). The number of carbonyl (C=O) groups excluding carboxylic acids is 1. The number of nitrogens with one attached hydrogen (secondary N) is 2. The average Bonchev–Trinajstić information content (AvgIpc) is 3.32. The Morgan fingerprint density at radius 3 is 2.59 bits per heavy atom. The highest BCUT2D eigenvalue weighted by Gasteiger charge is 2.25. The van der Waals surface area contributed by atoms with E-state index in [1.165, 1.54) is 6.07 Å². The maximum Gasteiger partial charge on any atom is 0.293 e. The third-order valence-corrected chi connectivity index (χ3v) is 3.33. The van der Waals surface area contributed by atoms with Crippen molar-refractivity contribution in [3.05, 3.63) is 58.4 Å². The van der Waals surface area contributed by atoms with Gasteiger partial charge in [0.1, 0.15) is 5.69 Å². The highest BCUT2D eigenvalue weighted by molar-refractivity contribution is 6.05. The highest BCUT2D eigenvalue weighted by Crippen LogP contribution is 2.31. The molecule has 1 aliphatic rings. The molecule has 112 valence electrons. The van der Waals surface area contributed by atoms with Crippen LogP contribution in [0, 0.1) is 10.1 Å². The lowest BCUT2D eigenvalue weighted by molar-refractivity contribution is -0.384. The Labute approximate surface area is 126 Å². The minimum Gasteiger partial charge on any atom is -0.377 e. The zero-order chi connectivity index (χ0) is 15.5. The number of rotatable bonds is 5. The number of aromatic nitrogens is 1. The van der Waals surface area contributed by atoms with Crippen LogP contribution in [0.2, 0.25) is 0 Å². The molecule has 22 heavy (non-hydrogen) atoms. The summed E-state index contributed by atoms with van der Waals surface area (Å²) >= 11 is 0. The second-order valence-corrected chi connectivity index (χ2v) is 5.10. The zero-order valence-corrected chi connectivity index (χ0v) is 11.7.